The number of benzene rings is 1. The predicted molar refractivity (Wildman–Crippen MR) is 114 cm³/mol. The third-order valence-corrected chi connectivity index (χ3v) is 5.57. The summed E-state index contributed by atoms with van der Waals surface area (Å²) < 4.78 is 13.7. The van der Waals surface area contributed by atoms with E-state index >= 15 is 0 Å². The number of halogens is 1. The number of hydrogen-bond acceptors (Lipinski definition) is 3. The van der Waals surface area contributed by atoms with E-state index in [0.29, 0.717) is 12.5 Å². The SMILES string of the molecule is CC1=C(c2ccc(F)cc2NC2CCCCC2)C(=O)CC1C.CCC=CC=O. The summed E-state index contributed by atoms with van der Waals surface area (Å²) in [5.74, 6) is 0.220. The van der Waals surface area contributed by atoms with Crippen LogP contribution in [0.5, 0.6) is 0 Å². The number of carbonyl (C=O) groups excluding carboxylic acids is 2. The minimum atomic E-state index is -0.251. The highest BCUT2D eigenvalue weighted by Crippen LogP contribution is 2.38. The van der Waals surface area contributed by atoms with Crippen molar-refractivity contribution in [1.82, 2.24) is 0 Å². The number of ketones is 1. The standard InChI is InChI=1S/C19H24FNO.C5H8O/c1-12-10-18(22)19(13(12)2)16-9-8-14(20)11-17(16)21-15-6-4-3-5-7-15;1-2-3-4-5-6/h8-9,11-12,15,21H,3-7,10H2,1-2H3;3-5H,2H2,1H3. The van der Waals surface area contributed by atoms with Crippen LogP contribution >= 0.6 is 0 Å². The largest absolute Gasteiger partial charge is 0.382 e. The summed E-state index contributed by atoms with van der Waals surface area (Å²) in [7, 11) is 0. The average Bonchev–Trinajstić information content (AvgIpc) is 2.94. The molecule has 1 aromatic rings. The lowest BCUT2D eigenvalue weighted by atomic mass is 9.93. The molecule has 0 bridgehead atoms. The lowest BCUT2D eigenvalue weighted by molar-refractivity contribution is -0.113. The van der Waals surface area contributed by atoms with E-state index in [9.17, 15) is 14.0 Å². The summed E-state index contributed by atoms with van der Waals surface area (Å²) in [6.45, 7) is 6.09. The Morgan fingerprint density at radius 1 is 1.21 bits per heavy atom. The van der Waals surface area contributed by atoms with Gasteiger partial charge in [-0.15, -0.1) is 0 Å². The average molecular weight is 386 g/mol. The molecule has 0 spiro atoms. The molecule has 0 saturated heterocycles. The fourth-order valence-corrected chi connectivity index (χ4v) is 3.87. The van der Waals surface area contributed by atoms with Crippen molar-refractivity contribution in [1.29, 1.82) is 0 Å². The Bertz CT molecular complexity index is 745. The maximum Gasteiger partial charge on any atom is 0.164 e. The fraction of sp³-hybridized carbons (Fsp3) is 0.500. The summed E-state index contributed by atoms with van der Waals surface area (Å²) in [5.41, 5.74) is 3.58. The molecule has 0 heterocycles. The van der Waals surface area contributed by atoms with E-state index in [0.717, 1.165) is 47.9 Å². The van der Waals surface area contributed by atoms with Crippen LogP contribution in [0.25, 0.3) is 5.57 Å². The van der Waals surface area contributed by atoms with E-state index in [4.69, 9.17) is 0 Å². The molecule has 152 valence electrons. The molecule has 2 aliphatic carbocycles. The van der Waals surface area contributed by atoms with Crippen LogP contribution in [-0.2, 0) is 9.59 Å². The number of carbonyl (C=O) groups is 2. The van der Waals surface area contributed by atoms with Crippen LogP contribution in [0.3, 0.4) is 0 Å². The predicted octanol–water partition coefficient (Wildman–Crippen LogP) is 6.10. The highest BCUT2D eigenvalue weighted by atomic mass is 19.1. The zero-order chi connectivity index (χ0) is 20.5. The number of hydrogen-bond donors (Lipinski definition) is 1. The lowest BCUT2D eigenvalue weighted by Gasteiger charge is -2.25. The van der Waals surface area contributed by atoms with Crippen LogP contribution < -0.4 is 5.32 Å². The Balaban J connectivity index is 0.000000409. The molecule has 2 aliphatic rings. The van der Waals surface area contributed by atoms with Crippen molar-refractivity contribution in [2.75, 3.05) is 5.32 Å². The number of Topliss-reactive ketones (excluding diaryl/α,β-unsaturated/α-hetero) is 1. The molecule has 0 amide bonds. The lowest BCUT2D eigenvalue weighted by Crippen LogP contribution is -2.23. The van der Waals surface area contributed by atoms with Crippen molar-refractivity contribution in [2.24, 2.45) is 5.92 Å². The van der Waals surface area contributed by atoms with Crippen LogP contribution in [0.1, 0.15) is 71.3 Å². The number of allylic oxidation sites excluding steroid dienone is 4. The summed E-state index contributed by atoms with van der Waals surface area (Å²) in [4.78, 5) is 21.8. The van der Waals surface area contributed by atoms with E-state index in [1.54, 1.807) is 12.1 Å². The summed E-state index contributed by atoms with van der Waals surface area (Å²) in [6.07, 6.45) is 11.6. The van der Waals surface area contributed by atoms with Crippen LogP contribution in [0.15, 0.2) is 35.9 Å². The van der Waals surface area contributed by atoms with Gasteiger partial charge in [-0.25, -0.2) is 4.39 Å². The maximum atomic E-state index is 13.7. The quantitative estimate of drug-likeness (QED) is 0.492. The second kappa shape index (κ2) is 10.9. The summed E-state index contributed by atoms with van der Waals surface area (Å²) in [6, 6.07) is 5.15. The van der Waals surface area contributed by atoms with Crippen molar-refractivity contribution in [3.05, 3.63) is 47.3 Å². The van der Waals surface area contributed by atoms with Crippen molar-refractivity contribution in [3.63, 3.8) is 0 Å². The molecule has 1 fully saturated rings. The van der Waals surface area contributed by atoms with Gasteiger partial charge in [-0.2, -0.15) is 0 Å². The van der Waals surface area contributed by atoms with Crippen molar-refractivity contribution < 1.29 is 14.0 Å². The first-order valence-electron chi connectivity index (χ1n) is 10.4. The Kier molecular flexibility index (Phi) is 8.62. The van der Waals surface area contributed by atoms with Crippen LogP contribution in [0.2, 0.25) is 0 Å². The van der Waals surface area contributed by atoms with E-state index in [1.165, 1.54) is 31.4 Å². The minimum Gasteiger partial charge on any atom is -0.382 e. The van der Waals surface area contributed by atoms with E-state index in [-0.39, 0.29) is 17.5 Å². The second-order valence-corrected chi connectivity index (χ2v) is 7.73. The first-order chi connectivity index (χ1) is 13.5. The molecule has 4 heteroatoms. The number of rotatable bonds is 5. The Morgan fingerprint density at radius 3 is 2.46 bits per heavy atom. The van der Waals surface area contributed by atoms with E-state index in [1.807, 2.05) is 19.9 Å². The van der Waals surface area contributed by atoms with Gasteiger partial charge in [-0.1, -0.05) is 44.8 Å². The van der Waals surface area contributed by atoms with Gasteiger partial charge in [-0.3, -0.25) is 9.59 Å². The number of anilines is 1. The van der Waals surface area contributed by atoms with E-state index in [2.05, 4.69) is 12.2 Å². The molecule has 1 unspecified atom stereocenters. The van der Waals surface area contributed by atoms with Gasteiger partial charge in [-0.05, 0) is 56.4 Å². The molecule has 1 aromatic carbocycles. The summed E-state index contributed by atoms with van der Waals surface area (Å²) in [5, 5.41) is 3.50. The van der Waals surface area contributed by atoms with Crippen LogP contribution in [0, 0.1) is 11.7 Å². The van der Waals surface area contributed by atoms with Gasteiger partial charge >= 0.3 is 0 Å². The Hall–Kier alpha value is -2.23. The highest BCUT2D eigenvalue weighted by Gasteiger charge is 2.29. The highest BCUT2D eigenvalue weighted by molar-refractivity contribution is 6.25. The van der Waals surface area contributed by atoms with Gasteiger partial charge in [0.05, 0.1) is 0 Å². The third kappa shape index (κ3) is 5.88. The van der Waals surface area contributed by atoms with Gasteiger partial charge in [0, 0.05) is 29.3 Å². The van der Waals surface area contributed by atoms with Gasteiger partial charge in [0.1, 0.15) is 12.1 Å². The molecule has 1 N–H and O–H groups in total. The zero-order valence-corrected chi connectivity index (χ0v) is 17.3. The first kappa shape index (κ1) is 22.1. The minimum absolute atomic E-state index is 0.184. The van der Waals surface area contributed by atoms with Gasteiger partial charge < -0.3 is 5.32 Å². The topological polar surface area (TPSA) is 46.2 Å². The zero-order valence-electron chi connectivity index (χ0n) is 17.3. The molecule has 3 rings (SSSR count). The van der Waals surface area contributed by atoms with Crippen LogP contribution in [0.4, 0.5) is 10.1 Å². The molecule has 28 heavy (non-hydrogen) atoms. The van der Waals surface area contributed by atoms with Crippen molar-refractivity contribution in [3.8, 4) is 0 Å². The number of aldehydes is 1. The van der Waals surface area contributed by atoms with Crippen molar-refractivity contribution in [2.45, 2.75) is 71.8 Å². The van der Waals surface area contributed by atoms with Crippen LogP contribution in [-0.4, -0.2) is 18.1 Å². The van der Waals surface area contributed by atoms with E-state index < -0.39 is 0 Å². The molecular formula is C24H32FNO2. The molecule has 0 radical (unpaired) electrons. The molecule has 3 nitrogen and oxygen atoms in total. The van der Waals surface area contributed by atoms with Crippen molar-refractivity contribution >= 4 is 23.3 Å². The summed E-state index contributed by atoms with van der Waals surface area (Å²) >= 11 is 0. The molecule has 1 saturated carbocycles. The Morgan fingerprint density at radius 2 is 1.93 bits per heavy atom. The molecule has 0 aliphatic heterocycles. The van der Waals surface area contributed by atoms with Gasteiger partial charge in [0.25, 0.3) is 0 Å². The number of nitrogens with one attached hydrogen (secondary N) is 1. The second-order valence-electron chi connectivity index (χ2n) is 7.73. The third-order valence-electron chi connectivity index (χ3n) is 5.57. The fourth-order valence-electron chi connectivity index (χ4n) is 3.87. The van der Waals surface area contributed by atoms with Gasteiger partial charge in [0.15, 0.2) is 5.78 Å². The molecule has 1 atom stereocenters. The normalized spacial score (nSPS) is 20.3. The molecular weight excluding hydrogens is 353 g/mol. The Labute approximate surface area is 168 Å². The van der Waals surface area contributed by atoms with Gasteiger partial charge in [0.2, 0.25) is 0 Å². The first-order valence-corrected chi connectivity index (χ1v) is 10.4. The monoisotopic (exact) mass is 385 g/mol. The molecule has 0 aromatic heterocycles. The smallest absolute Gasteiger partial charge is 0.164 e. The maximum absolute atomic E-state index is 13.7.